The highest BCUT2D eigenvalue weighted by Gasteiger charge is 2.64. The topological polar surface area (TPSA) is 185 Å². The molecule has 0 spiro atoms. The van der Waals surface area contributed by atoms with Gasteiger partial charge in [0.15, 0.2) is 17.2 Å². The zero-order chi connectivity index (χ0) is 35.4. The first kappa shape index (κ1) is 34.8. The van der Waals surface area contributed by atoms with Gasteiger partial charge in [0.25, 0.3) is 5.91 Å². The summed E-state index contributed by atoms with van der Waals surface area (Å²) in [6, 6.07) is 9.91. The van der Waals surface area contributed by atoms with E-state index >= 15 is 0 Å². The van der Waals surface area contributed by atoms with Crippen molar-refractivity contribution in [3.8, 4) is 5.75 Å². The lowest BCUT2D eigenvalue weighted by molar-refractivity contribution is -0.153. The van der Waals surface area contributed by atoms with E-state index in [9.17, 15) is 39.6 Å². The number of ketones is 3. The van der Waals surface area contributed by atoms with Gasteiger partial charge in [0, 0.05) is 37.7 Å². The third-order valence-corrected chi connectivity index (χ3v) is 10.2. The first-order valence-electron chi connectivity index (χ1n) is 15.9. The molecule has 0 saturated heterocycles. The van der Waals surface area contributed by atoms with E-state index in [1.165, 1.54) is 4.90 Å². The van der Waals surface area contributed by atoms with Gasteiger partial charge in [0.05, 0.1) is 17.6 Å². The Balaban J connectivity index is 1.56. The number of aliphatic hydroxyl groups is 3. The molecule has 12 nitrogen and oxygen atoms in total. The molecule has 48 heavy (non-hydrogen) atoms. The van der Waals surface area contributed by atoms with Crippen molar-refractivity contribution in [2.75, 3.05) is 47.2 Å². The summed E-state index contributed by atoms with van der Waals surface area (Å²) in [4.78, 5) is 58.5. The first-order chi connectivity index (χ1) is 22.5. The number of likely N-dealkylation sites (N-methyl/N-ethyl adjacent to an activating group) is 2. The standard InChI is InChI=1S/C36H44N4O8/c1-38(2)23-17-19(12-13-25(41)24(39(3)4)14-18-10-8-7-9-11-18)30(42)27-21(23)15-20-16-22-29(40(5)6)32(44)28(35(37)47)34(46)36(22,48)33(45)26(20)31(27)43/h7-11,17,20,22,24,29,42-43,46,48H,12-16H2,1-6H3,(H2,37,47)/t20-,22+,24?,29-,36-/m1/s1. The molecule has 1 saturated carbocycles. The van der Waals surface area contributed by atoms with Crippen LogP contribution < -0.4 is 10.6 Å². The minimum Gasteiger partial charge on any atom is -0.508 e. The number of aryl methyl sites for hydroxylation is 1. The number of hydrogen-bond acceptors (Lipinski definition) is 11. The molecule has 2 aromatic rings. The molecule has 0 bridgehead atoms. The van der Waals surface area contributed by atoms with E-state index < -0.39 is 64.1 Å². The first-order valence-corrected chi connectivity index (χ1v) is 15.9. The third kappa shape index (κ3) is 5.57. The Bertz CT molecular complexity index is 1750. The summed E-state index contributed by atoms with van der Waals surface area (Å²) in [5.41, 5.74) is 4.28. The Hall–Kier alpha value is -4.52. The zero-order valence-electron chi connectivity index (χ0n) is 28.1. The van der Waals surface area contributed by atoms with Crippen LogP contribution in [0.25, 0.3) is 5.76 Å². The maximum Gasteiger partial charge on any atom is 0.255 e. The quantitative estimate of drug-likeness (QED) is 0.234. The summed E-state index contributed by atoms with van der Waals surface area (Å²) >= 11 is 0. The minimum absolute atomic E-state index is 0.00296. The Morgan fingerprint density at radius 2 is 1.67 bits per heavy atom. The number of phenolic OH excluding ortho intramolecular Hbond substituents is 1. The number of Topliss-reactive ketones (excluding diaryl/α,β-unsaturated/α-hetero) is 3. The van der Waals surface area contributed by atoms with Crippen molar-refractivity contribution in [1.82, 2.24) is 9.80 Å². The van der Waals surface area contributed by atoms with Gasteiger partial charge in [-0.15, -0.1) is 0 Å². The van der Waals surface area contributed by atoms with Crippen LogP contribution >= 0.6 is 0 Å². The lowest BCUT2D eigenvalue weighted by atomic mass is 9.57. The fourth-order valence-electron chi connectivity index (χ4n) is 7.78. The predicted octanol–water partition coefficient (Wildman–Crippen LogP) is 1.70. The summed E-state index contributed by atoms with van der Waals surface area (Å²) in [5.74, 6) is -7.00. The minimum atomic E-state index is -2.71. The van der Waals surface area contributed by atoms with E-state index in [1.54, 1.807) is 34.3 Å². The highest BCUT2D eigenvalue weighted by atomic mass is 16.3. The van der Waals surface area contributed by atoms with E-state index in [1.807, 2.05) is 54.2 Å². The molecule has 12 heteroatoms. The van der Waals surface area contributed by atoms with Gasteiger partial charge in [-0.2, -0.15) is 0 Å². The van der Waals surface area contributed by atoms with Gasteiger partial charge in [-0.1, -0.05) is 30.3 Å². The second-order valence-electron chi connectivity index (χ2n) is 13.7. The molecule has 3 aliphatic rings. The summed E-state index contributed by atoms with van der Waals surface area (Å²) in [6.07, 6.45) is 0.953. The van der Waals surface area contributed by atoms with Gasteiger partial charge < -0.3 is 31.1 Å². The number of aromatic hydroxyl groups is 1. The number of nitrogens with two attached hydrogens (primary N) is 1. The highest BCUT2D eigenvalue weighted by molar-refractivity contribution is 6.24. The van der Waals surface area contributed by atoms with Crippen LogP contribution in [0.2, 0.25) is 0 Å². The molecule has 2 aromatic carbocycles. The number of amides is 1. The lowest BCUT2D eigenvalue weighted by Gasteiger charge is -2.50. The van der Waals surface area contributed by atoms with E-state index in [0.717, 1.165) is 5.56 Å². The molecule has 0 aliphatic heterocycles. The summed E-state index contributed by atoms with van der Waals surface area (Å²) in [5, 5.41) is 46.4. The maximum absolute atomic E-state index is 14.2. The molecule has 1 unspecified atom stereocenters. The van der Waals surface area contributed by atoms with Crippen LogP contribution in [-0.2, 0) is 38.4 Å². The van der Waals surface area contributed by atoms with Crippen LogP contribution in [0, 0.1) is 11.8 Å². The van der Waals surface area contributed by atoms with Crippen molar-refractivity contribution >= 4 is 34.7 Å². The molecule has 3 aliphatic carbocycles. The molecule has 1 fully saturated rings. The van der Waals surface area contributed by atoms with Gasteiger partial charge in [0.2, 0.25) is 5.78 Å². The van der Waals surface area contributed by atoms with E-state index in [0.29, 0.717) is 23.2 Å². The van der Waals surface area contributed by atoms with E-state index in [-0.39, 0.29) is 48.4 Å². The van der Waals surface area contributed by atoms with Crippen molar-refractivity contribution in [3.63, 3.8) is 0 Å². The number of hydrogen-bond donors (Lipinski definition) is 5. The van der Waals surface area contributed by atoms with Crippen LogP contribution in [-0.4, -0.2) is 113 Å². The molecule has 0 aromatic heterocycles. The average molecular weight is 661 g/mol. The molecule has 6 N–H and O–H groups in total. The van der Waals surface area contributed by atoms with Crippen molar-refractivity contribution in [2.24, 2.45) is 17.6 Å². The number of nitrogens with zero attached hydrogens (tertiary/aromatic N) is 3. The molecule has 0 radical (unpaired) electrons. The smallest absolute Gasteiger partial charge is 0.255 e. The van der Waals surface area contributed by atoms with E-state index in [4.69, 9.17) is 5.73 Å². The van der Waals surface area contributed by atoms with Crippen LogP contribution in [0.5, 0.6) is 5.75 Å². The highest BCUT2D eigenvalue weighted by Crippen LogP contribution is 2.54. The number of fused-ring (bicyclic) bond motifs is 3. The Labute approximate surface area is 279 Å². The Morgan fingerprint density at radius 3 is 2.23 bits per heavy atom. The predicted molar refractivity (Wildman–Crippen MR) is 180 cm³/mol. The molecular weight excluding hydrogens is 616 g/mol. The van der Waals surface area contributed by atoms with Crippen LogP contribution in [0.3, 0.4) is 0 Å². The summed E-state index contributed by atoms with van der Waals surface area (Å²) in [6.45, 7) is 0. The average Bonchev–Trinajstić information content (AvgIpc) is 3.01. The van der Waals surface area contributed by atoms with Crippen molar-refractivity contribution in [2.45, 2.75) is 49.8 Å². The van der Waals surface area contributed by atoms with Crippen LogP contribution in [0.15, 0.2) is 53.3 Å². The fourth-order valence-corrected chi connectivity index (χ4v) is 7.78. The van der Waals surface area contributed by atoms with Crippen molar-refractivity contribution < 1.29 is 39.6 Å². The molecule has 0 heterocycles. The number of carbonyl (C=O) groups excluding carboxylic acids is 4. The molecule has 256 valence electrons. The monoisotopic (exact) mass is 660 g/mol. The molecule has 5 atom stereocenters. The van der Waals surface area contributed by atoms with Gasteiger partial charge >= 0.3 is 0 Å². The van der Waals surface area contributed by atoms with Gasteiger partial charge in [-0.25, -0.2) is 0 Å². The molecular formula is C36H44N4O8. The fraction of sp³-hybridized carbons (Fsp3) is 0.444. The van der Waals surface area contributed by atoms with Crippen LogP contribution in [0.1, 0.15) is 35.1 Å². The number of phenols is 1. The third-order valence-electron chi connectivity index (χ3n) is 10.2. The number of carbonyl (C=O) groups is 4. The number of rotatable bonds is 10. The largest absolute Gasteiger partial charge is 0.508 e. The van der Waals surface area contributed by atoms with Crippen molar-refractivity contribution in [3.05, 3.63) is 75.6 Å². The van der Waals surface area contributed by atoms with Crippen LogP contribution in [0.4, 0.5) is 5.69 Å². The van der Waals surface area contributed by atoms with Gasteiger partial charge in [0.1, 0.15) is 22.8 Å². The lowest BCUT2D eigenvalue weighted by Crippen LogP contribution is -2.65. The Kier molecular flexibility index (Phi) is 9.30. The number of benzene rings is 2. The summed E-state index contributed by atoms with van der Waals surface area (Å²) < 4.78 is 0. The number of anilines is 1. The number of primary amides is 1. The zero-order valence-corrected chi connectivity index (χ0v) is 28.1. The molecule has 1 amide bonds. The normalized spacial score (nSPS) is 24.4. The van der Waals surface area contributed by atoms with Gasteiger partial charge in [-0.3, -0.25) is 29.0 Å². The van der Waals surface area contributed by atoms with Crippen molar-refractivity contribution in [1.29, 1.82) is 0 Å². The summed E-state index contributed by atoms with van der Waals surface area (Å²) in [7, 11) is 10.4. The second kappa shape index (κ2) is 12.8. The SMILES string of the molecule is CN(C)c1cc(CCC(=O)C(Cc2ccccc2)N(C)C)c(O)c2c1C[C@@H]1C[C@H]3[C@@H](N(C)C)C(=O)C(C(N)=O)=C(O)[C@]3(O)C(=O)C1=C2O. The van der Waals surface area contributed by atoms with Gasteiger partial charge in [-0.05, 0) is 82.5 Å². The second-order valence-corrected chi connectivity index (χ2v) is 13.7. The molecule has 5 rings (SSSR count). The van der Waals surface area contributed by atoms with E-state index in [2.05, 4.69) is 0 Å². The number of aliphatic hydroxyl groups excluding tert-OH is 2. The Morgan fingerprint density at radius 1 is 1.02 bits per heavy atom. The maximum atomic E-state index is 14.2.